The number of rotatable bonds is 0. The van der Waals surface area contributed by atoms with E-state index in [4.69, 9.17) is 0 Å². The van der Waals surface area contributed by atoms with E-state index in [-0.39, 0.29) is 0 Å². The smallest absolute Gasteiger partial charge is 0.0892 e. The van der Waals surface area contributed by atoms with E-state index >= 15 is 0 Å². The molecule has 76 valence electrons. The molecular formula is C12H24N+. The van der Waals surface area contributed by atoms with E-state index in [2.05, 4.69) is 20.8 Å². The van der Waals surface area contributed by atoms with Gasteiger partial charge in [0.2, 0.25) is 0 Å². The molecule has 3 unspecified atom stereocenters. The lowest BCUT2D eigenvalue weighted by Crippen LogP contribution is -2.54. The first-order valence-electron chi connectivity index (χ1n) is 6.01. The van der Waals surface area contributed by atoms with Gasteiger partial charge in [-0.25, -0.2) is 0 Å². The molecule has 0 saturated carbocycles. The minimum Gasteiger partial charge on any atom is -0.321 e. The third kappa shape index (κ3) is 1.41. The van der Waals surface area contributed by atoms with Gasteiger partial charge in [-0.1, -0.05) is 13.8 Å². The maximum atomic E-state index is 2.49. The highest BCUT2D eigenvalue weighted by atomic mass is 15.4. The van der Waals surface area contributed by atoms with Crippen LogP contribution in [0.4, 0.5) is 0 Å². The van der Waals surface area contributed by atoms with Gasteiger partial charge in [-0.15, -0.1) is 0 Å². The summed E-state index contributed by atoms with van der Waals surface area (Å²) >= 11 is 0. The van der Waals surface area contributed by atoms with Crippen molar-refractivity contribution in [1.82, 2.24) is 0 Å². The normalized spacial score (nSPS) is 44.1. The molecule has 2 fully saturated rings. The molecule has 3 atom stereocenters. The molecular weight excluding hydrogens is 158 g/mol. The van der Waals surface area contributed by atoms with E-state index < -0.39 is 0 Å². The second-order valence-electron chi connectivity index (χ2n) is 5.49. The van der Waals surface area contributed by atoms with Crippen molar-refractivity contribution >= 4 is 0 Å². The van der Waals surface area contributed by atoms with Crippen LogP contribution in [0.25, 0.3) is 0 Å². The van der Waals surface area contributed by atoms with Gasteiger partial charge in [0, 0.05) is 11.8 Å². The molecule has 0 bridgehead atoms. The van der Waals surface area contributed by atoms with Crippen LogP contribution in [0.1, 0.15) is 40.0 Å². The van der Waals surface area contributed by atoms with Gasteiger partial charge in [0.05, 0.1) is 25.7 Å². The van der Waals surface area contributed by atoms with Crippen molar-refractivity contribution in [2.24, 2.45) is 11.8 Å². The molecule has 0 radical (unpaired) electrons. The molecule has 0 aromatic rings. The van der Waals surface area contributed by atoms with E-state index in [0.717, 1.165) is 17.9 Å². The largest absolute Gasteiger partial charge is 0.321 e. The second kappa shape index (κ2) is 3.27. The summed E-state index contributed by atoms with van der Waals surface area (Å²) in [4.78, 5) is 0. The van der Waals surface area contributed by atoms with E-state index in [0.29, 0.717) is 0 Å². The summed E-state index contributed by atoms with van der Waals surface area (Å²) in [5.41, 5.74) is 0. The van der Waals surface area contributed by atoms with Crippen molar-refractivity contribution in [3.8, 4) is 0 Å². The summed E-state index contributed by atoms with van der Waals surface area (Å²) in [5, 5.41) is 0. The highest BCUT2D eigenvalue weighted by Crippen LogP contribution is 2.38. The molecule has 0 aromatic heterocycles. The van der Waals surface area contributed by atoms with Crippen molar-refractivity contribution in [2.45, 2.75) is 46.1 Å². The molecule has 2 aliphatic rings. The number of hydrogen-bond acceptors (Lipinski definition) is 0. The quantitative estimate of drug-likeness (QED) is 0.505. The standard InChI is InChI=1S/C12H24N/c1-10-9-13(12(3)11(10)2)7-5-4-6-8-13/h10-12H,4-9H2,1-3H3/q+1. The van der Waals surface area contributed by atoms with Gasteiger partial charge < -0.3 is 4.48 Å². The lowest BCUT2D eigenvalue weighted by atomic mass is 9.95. The molecule has 2 aliphatic heterocycles. The molecule has 13 heavy (non-hydrogen) atoms. The van der Waals surface area contributed by atoms with Gasteiger partial charge in [-0.2, -0.15) is 0 Å². The number of nitrogens with zero attached hydrogens (tertiary/aromatic N) is 1. The van der Waals surface area contributed by atoms with Gasteiger partial charge in [-0.05, 0) is 26.2 Å². The number of piperidine rings is 1. The molecule has 2 rings (SSSR count). The van der Waals surface area contributed by atoms with Crippen LogP contribution < -0.4 is 0 Å². The lowest BCUT2D eigenvalue weighted by molar-refractivity contribution is -0.944. The molecule has 2 heterocycles. The predicted octanol–water partition coefficient (Wildman–Crippen LogP) is 2.66. The first-order valence-corrected chi connectivity index (χ1v) is 6.01. The second-order valence-corrected chi connectivity index (χ2v) is 5.49. The Morgan fingerprint density at radius 1 is 0.923 bits per heavy atom. The average Bonchev–Trinajstić information content (AvgIpc) is 2.33. The third-order valence-corrected chi connectivity index (χ3v) is 4.88. The highest BCUT2D eigenvalue weighted by molar-refractivity contribution is 4.78. The van der Waals surface area contributed by atoms with Crippen molar-refractivity contribution in [3.05, 3.63) is 0 Å². The third-order valence-electron chi connectivity index (χ3n) is 4.88. The molecule has 1 spiro atoms. The van der Waals surface area contributed by atoms with Crippen LogP contribution in [-0.2, 0) is 0 Å². The summed E-state index contributed by atoms with van der Waals surface area (Å²) in [6.07, 6.45) is 4.43. The van der Waals surface area contributed by atoms with Crippen LogP contribution in [0.5, 0.6) is 0 Å². The summed E-state index contributed by atoms with van der Waals surface area (Å²) in [5.74, 6) is 1.89. The minimum atomic E-state index is 0.926. The van der Waals surface area contributed by atoms with Crippen LogP contribution in [-0.4, -0.2) is 30.2 Å². The first kappa shape index (κ1) is 9.51. The Labute approximate surface area is 82.7 Å². The lowest BCUT2D eigenvalue weighted by Gasteiger charge is -2.42. The van der Waals surface area contributed by atoms with E-state index in [1.54, 1.807) is 0 Å². The van der Waals surface area contributed by atoms with E-state index in [9.17, 15) is 0 Å². The Morgan fingerprint density at radius 2 is 1.54 bits per heavy atom. The Morgan fingerprint density at radius 3 is 2.00 bits per heavy atom. The summed E-state index contributed by atoms with van der Waals surface area (Å²) in [7, 11) is 0. The molecule has 2 saturated heterocycles. The van der Waals surface area contributed by atoms with Gasteiger partial charge in [0.25, 0.3) is 0 Å². The van der Waals surface area contributed by atoms with Crippen LogP contribution in [0.2, 0.25) is 0 Å². The van der Waals surface area contributed by atoms with E-state index in [1.807, 2.05) is 0 Å². The zero-order valence-corrected chi connectivity index (χ0v) is 9.42. The maximum Gasteiger partial charge on any atom is 0.0892 e. The van der Waals surface area contributed by atoms with Gasteiger partial charge in [0.15, 0.2) is 0 Å². The number of quaternary nitrogens is 1. The Hall–Kier alpha value is -0.0400. The van der Waals surface area contributed by atoms with Crippen LogP contribution in [0.15, 0.2) is 0 Å². The average molecular weight is 182 g/mol. The summed E-state index contributed by atoms with van der Waals surface area (Å²) < 4.78 is 1.46. The zero-order valence-electron chi connectivity index (χ0n) is 9.42. The molecule has 0 N–H and O–H groups in total. The molecule has 1 heteroatoms. The molecule has 0 aliphatic carbocycles. The SMILES string of the molecule is CC1C[N+]2(CCCCC2)C(C)C1C. The van der Waals surface area contributed by atoms with E-state index in [1.165, 1.54) is 43.4 Å². The monoisotopic (exact) mass is 182 g/mol. The molecule has 0 amide bonds. The van der Waals surface area contributed by atoms with Crippen molar-refractivity contribution < 1.29 is 4.48 Å². The Bertz CT molecular complexity index is 182. The fourth-order valence-corrected chi connectivity index (χ4v) is 3.61. The van der Waals surface area contributed by atoms with Gasteiger partial charge in [-0.3, -0.25) is 0 Å². The van der Waals surface area contributed by atoms with Crippen LogP contribution >= 0.6 is 0 Å². The molecule has 0 aromatic carbocycles. The number of hydrogen-bond donors (Lipinski definition) is 0. The van der Waals surface area contributed by atoms with Crippen molar-refractivity contribution in [1.29, 1.82) is 0 Å². The highest BCUT2D eigenvalue weighted by Gasteiger charge is 2.47. The summed E-state index contributed by atoms with van der Waals surface area (Å²) in [6.45, 7) is 11.8. The van der Waals surface area contributed by atoms with Crippen molar-refractivity contribution in [2.75, 3.05) is 19.6 Å². The van der Waals surface area contributed by atoms with Gasteiger partial charge >= 0.3 is 0 Å². The fraction of sp³-hybridized carbons (Fsp3) is 1.00. The maximum absolute atomic E-state index is 2.49. The Balaban J connectivity index is 2.13. The first-order chi connectivity index (χ1) is 6.16. The van der Waals surface area contributed by atoms with Crippen LogP contribution in [0, 0.1) is 11.8 Å². The zero-order chi connectivity index (χ0) is 9.47. The minimum absolute atomic E-state index is 0.926. The van der Waals surface area contributed by atoms with Crippen molar-refractivity contribution in [3.63, 3.8) is 0 Å². The predicted molar refractivity (Wildman–Crippen MR) is 56.5 cm³/mol. The topological polar surface area (TPSA) is 0 Å². The van der Waals surface area contributed by atoms with Crippen LogP contribution in [0.3, 0.4) is 0 Å². The fourth-order valence-electron chi connectivity index (χ4n) is 3.61. The molecule has 1 nitrogen and oxygen atoms in total. The Kier molecular flexibility index (Phi) is 2.39. The summed E-state index contributed by atoms with van der Waals surface area (Å²) in [6, 6.07) is 0.926. The van der Waals surface area contributed by atoms with Gasteiger partial charge in [0.1, 0.15) is 0 Å².